The summed E-state index contributed by atoms with van der Waals surface area (Å²) in [7, 11) is 0. The van der Waals surface area contributed by atoms with Gasteiger partial charge < -0.3 is 30.5 Å². The number of nitrogens with two attached hydrogens (primary N) is 1. The molecule has 34 heavy (non-hydrogen) atoms. The van der Waals surface area contributed by atoms with Crippen LogP contribution in [0.1, 0.15) is 48.7 Å². The van der Waals surface area contributed by atoms with Gasteiger partial charge in [-0.1, -0.05) is 6.07 Å². The second-order valence-electron chi connectivity index (χ2n) is 8.77. The minimum Gasteiger partial charge on any atom is -0.490 e. The van der Waals surface area contributed by atoms with Gasteiger partial charge in [-0.3, -0.25) is 4.79 Å². The van der Waals surface area contributed by atoms with E-state index in [9.17, 15) is 14.3 Å². The number of amides is 1. The second-order valence-corrected chi connectivity index (χ2v) is 8.77. The molecule has 0 bridgehead atoms. The van der Waals surface area contributed by atoms with E-state index < -0.39 is 5.91 Å². The SMILES string of the molecule is CCOc1cc(F)ccc1OCCN[C@H](C)Cc1cc2c(c(C(N)=O)c1)N(CCCO)C(C)C2. The van der Waals surface area contributed by atoms with Crippen LogP contribution in [0, 0.1) is 5.82 Å². The van der Waals surface area contributed by atoms with E-state index in [-0.39, 0.29) is 24.5 Å². The third kappa shape index (κ3) is 6.39. The smallest absolute Gasteiger partial charge is 0.250 e. The Bertz CT molecular complexity index is 985. The maximum absolute atomic E-state index is 13.4. The van der Waals surface area contributed by atoms with Crippen LogP contribution in [0.4, 0.5) is 10.1 Å². The molecule has 0 fully saturated rings. The number of primary amides is 1. The van der Waals surface area contributed by atoms with Crippen LogP contribution in [0.2, 0.25) is 0 Å². The van der Waals surface area contributed by atoms with Gasteiger partial charge in [0.1, 0.15) is 12.4 Å². The molecule has 186 valence electrons. The molecule has 1 amide bonds. The highest BCUT2D eigenvalue weighted by Gasteiger charge is 2.30. The lowest BCUT2D eigenvalue weighted by Crippen LogP contribution is -2.33. The first kappa shape index (κ1) is 25.8. The topological polar surface area (TPSA) is 97.1 Å². The summed E-state index contributed by atoms with van der Waals surface area (Å²) >= 11 is 0. The molecule has 3 rings (SSSR count). The number of rotatable bonds is 13. The maximum atomic E-state index is 13.4. The summed E-state index contributed by atoms with van der Waals surface area (Å²) in [4.78, 5) is 14.4. The minimum atomic E-state index is -0.431. The van der Waals surface area contributed by atoms with E-state index in [4.69, 9.17) is 15.2 Å². The van der Waals surface area contributed by atoms with Crippen molar-refractivity contribution in [1.29, 1.82) is 0 Å². The van der Waals surface area contributed by atoms with Crippen LogP contribution in [-0.4, -0.2) is 56.0 Å². The molecular weight excluding hydrogens is 437 g/mol. The van der Waals surface area contributed by atoms with Gasteiger partial charge in [-0.15, -0.1) is 0 Å². The number of aliphatic hydroxyl groups excluding tert-OH is 1. The third-order valence-electron chi connectivity index (χ3n) is 6.01. The summed E-state index contributed by atoms with van der Waals surface area (Å²) < 4.78 is 24.7. The summed E-state index contributed by atoms with van der Waals surface area (Å²) in [6.07, 6.45) is 2.24. The van der Waals surface area contributed by atoms with Gasteiger partial charge in [-0.25, -0.2) is 4.39 Å². The molecule has 2 aromatic carbocycles. The zero-order valence-corrected chi connectivity index (χ0v) is 20.3. The number of aliphatic hydroxyl groups is 1. The van der Waals surface area contributed by atoms with E-state index in [0.717, 1.165) is 29.7 Å². The number of anilines is 1. The summed E-state index contributed by atoms with van der Waals surface area (Å²) in [6, 6.07) is 8.71. The number of hydrogen-bond donors (Lipinski definition) is 3. The van der Waals surface area contributed by atoms with Crippen molar-refractivity contribution in [3.63, 3.8) is 0 Å². The molecular formula is C26H36FN3O4. The number of nitrogens with one attached hydrogen (secondary N) is 1. The van der Waals surface area contributed by atoms with Crippen molar-refractivity contribution in [2.24, 2.45) is 5.73 Å². The van der Waals surface area contributed by atoms with Crippen molar-refractivity contribution >= 4 is 11.6 Å². The highest BCUT2D eigenvalue weighted by atomic mass is 19.1. The van der Waals surface area contributed by atoms with Crippen LogP contribution in [0.3, 0.4) is 0 Å². The molecule has 0 aliphatic carbocycles. The number of nitrogens with zero attached hydrogens (tertiary/aromatic N) is 1. The number of fused-ring (bicyclic) bond motifs is 1. The van der Waals surface area contributed by atoms with Crippen LogP contribution in [0.15, 0.2) is 30.3 Å². The fraction of sp³-hybridized carbons (Fsp3) is 0.500. The lowest BCUT2D eigenvalue weighted by molar-refractivity contribution is 0.100. The molecule has 0 saturated carbocycles. The predicted molar refractivity (Wildman–Crippen MR) is 131 cm³/mol. The first-order valence-electron chi connectivity index (χ1n) is 12.0. The lowest BCUT2D eigenvalue weighted by atomic mass is 9.97. The fourth-order valence-corrected chi connectivity index (χ4v) is 4.54. The summed E-state index contributed by atoms with van der Waals surface area (Å²) in [6.45, 7) is 8.30. The number of carbonyl (C=O) groups excluding carboxylic acids is 1. The van der Waals surface area contributed by atoms with Crippen molar-refractivity contribution in [3.05, 3.63) is 52.8 Å². The molecule has 0 spiro atoms. The minimum absolute atomic E-state index is 0.115. The molecule has 7 nitrogen and oxygen atoms in total. The average Bonchev–Trinajstić information content (AvgIpc) is 3.10. The highest BCUT2D eigenvalue weighted by molar-refractivity contribution is 6.00. The molecule has 1 heterocycles. The van der Waals surface area contributed by atoms with Gasteiger partial charge >= 0.3 is 0 Å². The van der Waals surface area contributed by atoms with Crippen LogP contribution < -0.4 is 25.4 Å². The Kier molecular flexibility index (Phi) is 9.12. The van der Waals surface area contributed by atoms with E-state index in [1.54, 1.807) is 6.07 Å². The normalized spacial score (nSPS) is 15.8. The van der Waals surface area contributed by atoms with Gasteiger partial charge in [0.2, 0.25) is 0 Å². The van der Waals surface area contributed by atoms with Gasteiger partial charge in [-0.05, 0) is 69.4 Å². The van der Waals surface area contributed by atoms with E-state index in [0.29, 0.717) is 49.8 Å². The molecule has 8 heteroatoms. The van der Waals surface area contributed by atoms with Crippen LogP contribution >= 0.6 is 0 Å². The summed E-state index contributed by atoms with van der Waals surface area (Å²) in [5, 5.41) is 12.7. The monoisotopic (exact) mass is 473 g/mol. The van der Waals surface area contributed by atoms with Gasteiger partial charge in [0.25, 0.3) is 5.91 Å². The number of benzene rings is 2. The van der Waals surface area contributed by atoms with Gasteiger partial charge in [0, 0.05) is 37.8 Å². The molecule has 0 saturated heterocycles. The van der Waals surface area contributed by atoms with Crippen LogP contribution in [0.5, 0.6) is 11.5 Å². The molecule has 1 unspecified atom stereocenters. The van der Waals surface area contributed by atoms with Crippen molar-refractivity contribution in [2.75, 3.05) is 37.8 Å². The van der Waals surface area contributed by atoms with Crippen molar-refractivity contribution in [2.45, 2.75) is 52.1 Å². The van der Waals surface area contributed by atoms with E-state index in [1.165, 1.54) is 12.1 Å². The van der Waals surface area contributed by atoms with E-state index >= 15 is 0 Å². The molecule has 2 aromatic rings. The third-order valence-corrected chi connectivity index (χ3v) is 6.01. The highest BCUT2D eigenvalue weighted by Crippen LogP contribution is 2.36. The molecule has 0 radical (unpaired) electrons. The van der Waals surface area contributed by atoms with Crippen molar-refractivity contribution < 1.29 is 23.8 Å². The van der Waals surface area contributed by atoms with Crippen LogP contribution in [0.25, 0.3) is 0 Å². The van der Waals surface area contributed by atoms with Gasteiger partial charge in [0.05, 0.1) is 17.9 Å². The Balaban J connectivity index is 1.59. The lowest BCUT2D eigenvalue weighted by Gasteiger charge is -2.26. The van der Waals surface area contributed by atoms with E-state index in [1.807, 2.05) is 13.0 Å². The molecule has 0 aromatic heterocycles. The summed E-state index contributed by atoms with van der Waals surface area (Å²) in [5.41, 5.74) is 9.39. The van der Waals surface area contributed by atoms with Gasteiger partial charge in [0.15, 0.2) is 11.5 Å². The Labute approximate surface area is 201 Å². The van der Waals surface area contributed by atoms with E-state index in [2.05, 4.69) is 30.1 Å². The number of ether oxygens (including phenoxy) is 2. The Morgan fingerprint density at radius 3 is 2.79 bits per heavy atom. The largest absolute Gasteiger partial charge is 0.490 e. The second kappa shape index (κ2) is 12.0. The first-order valence-corrected chi connectivity index (χ1v) is 12.0. The number of hydrogen-bond acceptors (Lipinski definition) is 6. The van der Waals surface area contributed by atoms with Gasteiger partial charge in [-0.2, -0.15) is 0 Å². The number of halogens is 1. The first-order chi connectivity index (χ1) is 16.3. The quantitative estimate of drug-likeness (QED) is 0.387. The molecule has 1 aliphatic heterocycles. The Morgan fingerprint density at radius 1 is 1.29 bits per heavy atom. The Morgan fingerprint density at radius 2 is 2.09 bits per heavy atom. The summed E-state index contributed by atoms with van der Waals surface area (Å²) in [5.74, 6) is 0.120. The zero-order valence-electron chi connectivity index (χ0n) is 20.3. The van der Waals surface area contributed by atoms with Crippen LogP contribution in [-0.2, 0) is 12.8 Å². The standard InChI is InChI=1S/C26H36FN3O4/c1-4-33-24-16-21(27)6-7-23(24)34-11-8-29-17(2)12-19-14-20-13-18(3)30(9-5-10-31)25(20)22(15-19)26(28)32/h6-7,14-18,29,31H,4-5,8-13H2,1-3H3,(H2,28,32)/t17-,18?/m1/s1. The fourth-order valence-electron chi connectivity index (χ4n) is 4.54. The Hall–Kier alpha value is -2.84. The predicted octanol–water partition coefficient (Wildman–Crippen LogP) is 3.06. The van der Waals surface area contributed by atoms with Crippen molar-refractivity contribution in [1.82, 2.24) is 5.32 Å². The molecule has 2 atom stereocenters. The average molecular weight is 474 g/mol. The maximum Gasteiger partial charge on any atom is 0.250 e. The zero-order chi connectivity index (χ0) is 24.7. The molecule has 4 N–H and O–H groups in total. The number of carbonyl (C=O) groups is 1. The molecule has 1 aliphatic rings. The van der Waals surface area contributed by atoms with Crippen molar-refractivity contribution in [3.8, 4) is 11.5 Å².